The van der Waals surface area contributed by atoms with Crippen LogP contribution >= 0.6 is 0 Å². The highest BCUT2D eigenvalue weighted by atomic mass is 32.2. The molecule has 1 aromatic rings. The highest BCUT2D eigenvalue weighted by Gasteiger charge is 2.37. The van der Waals surface area contributed by atoms with Crippen LogP contribution < -0.4 is 4.74 Å². The van der Waals surface area contributed by atoms with E-state index in [2.05, 4.69) is 18.8 Å². The monoisotopic (exact) mass is 408 g/mol. The summed E-state index contributed by atoms with van der Waals surface area (Å²) in [6.45, 7) is 6.48. The van der Waals surface area contributed by atoms with Gasteiger partial charge in [0.15, 0.2) is 0 Å². The molecule has 0 spiro atoms. The molecular weight excluding hydrogens is 376 g/mol. The fourth-order valence-electron chi connectivity index (χ4n) is 3.17. The predicted octanol–water partition coefficient (Wildman–Crippen LogP) is 2.17. The Bertz CT molecular complexity index is 827. The molecule has 0 saturated heterocycles. The van der Waals surface area contributed by atoms with Crippen molar-refractivity contribution in [1.29, 1.82) is 0 Å². The summed E-state index contributed by atoms with van der Waals surface area (Å²) in [7, 11) is 0.137. The van der Waals surface area contributed by atoms with Gasteiger partial charge in [0.1, 0.15) is 16.7 Å². The lowest BCUT2D eigenvalue weighted by Gasteiger charge is -2.37. The minimum absolute atomic E-state index is 0.0471. The number of unbranched alkanes of at least 4 members (excludes halogenated alkanes) is 1. The largest absolute Gasteiger partial charge is 0.487 e. The molecule has 6 nitrogen and oxygen atoms in total. The van der Waals surface area contributed by atoms with Crippen LogP contribution in [-0.4, -0.2) is 68.7 Å². The third kappa shape index (κ3) is 5.26. The Morgan fingerprint density at radius 3 is 2.71 bits per heavy atom. The third-order valence-electron chi connectivity index (χ3n) is 4.82. The van der Waals surface area contributed by atoms with Crippen molar-refractivity contribution in [2.24, 2.45) is 5.92 Å². The van der Waals surface area contributed by atoms with Crippen molar-refractivity contribution in [2.45, 2.75) is 50.7 Å². The normalized spacial score (nSPS) is 23.0. The highest BCUT2D eigenvalue weighted by Crippen LogP contribution is 2.34. The molecule has 156 valence electrons. The summed E-state index contributed by atoms with van der Waals surface area (Å²) in [6, 6.07) is 4.50. The van der Waals surface area contributed by atoms with Crippen LogP contribution in [0.4, 0.5) is 0 Å². The van der Waals surface area contributed by atoms with E-state index in [-0.39, 0.29) is 23.5 Å². The van der Waals surface area contributed by atoms with Gasteiger partial charge in [-0.3, -0.25) is 0 Å². The number of hydrogen-bond donors (Lipinski definition) is 1. The molecule has 1 aliphatic heterocycles. The molecule has 0 unspecified atom stereocenters. The molecule has 0 bridgehead atoms. The topological polar surface area (TPSA) is 70.1 Å². The minimum atomic E-state index is -3.79. The average Bonchev–Trinajstić information content (AvgIpc) is 2.63. The number of hydrogen-bond acceptors (Lipinski definition) is 5. The molecule has 1 aromatic carbocycles. The Balaban J connectivity index is 2.57. The Morgan fingerprint density at radius 1 is 1.39 bits per heavy atom. The number of rotatable bonds is 5. The summed E-state index contributed by atoms with van der Waals surface area (Å²) < 4.78 is 34.2. The van der Waals surface area contributed by atoms with E-state index in [1.807, 2.05) is 25.9 Å². The number of aliphatic hydroxyl groups excluding tert-OH is 1. The quantitative estimate of drug-likeness (QED) is 0.756. The number of ether oxygens (including phenoxy) is 1. The lowest BCUT2D eigenvalue weighted by molar-refractivity contribution is 0.0812. The second-order valence-corrected chi connectivity index (χ2v) is 9.57. The Kier molecular flexibility index (Phi) is 7.90. The van der Waals surface area contributed by atoms with Crippen LogP contribution in [0.3, 0.4) is 0 Å². The minimum Gasteiger partial charge on any atom is -0.487 e. The van der Waals surface area contributed by atoms with Crippen LogP contribution in [0.1, 0.15) is 39.2 Å². The maximum Gasteiger partial charge on any atom is 0.247 e. The van der Waals surface area contributed by atoms with E-state index in [0.717, 1.165) is 18.4 Å². The highest BCUT2D eigenvalue weighted by molar-refractivity contribution is 7.89. The van der Waals surface area contributed by atoms with Gasteiger partial charge in [-0.1, -0.05) is 25.7 Å². The van der Waals surface area contributed by atoms with Gasteiger partial charge < -0.3 is 14.7 Å². The first kappa shape index (κ1) is 22.7. The molecule has 2 rings (SSSR count). The number of aliphatic hydroxyl groups is 1. The van der Waals surface area contributed by atoms with Crippen molar-refractivity contribution in [3.8, 4) is 17.6 Å². The van der Waals surface area contributed by atoms with Gasteiger partial charge in [-0.25, -0.2) is 8.42 Å². The molecule has 3 atom stereocenters. The molecular formula is C21H32N2O4S. The van der Waals surface area contributed by atoms with Crippen molar-refractivity contribution >= 4 is 10.0 Å². The second-order valence-electron chi connectivity index (χ2n) is 7.72. The van der Waals surface area contributed by atoms with Crippen LogP contribution in [0.2, 0.25) is 0 Å². The zero-order valence-electron chi connectivity index (χ0n) is 17.5. The van der Waals surface area contributed by atoms with Crippen molar-refractivity contribution < 1.29 is 18.3 Å². The van der Waals surface area contributed by atoms with Gasteiger partial charge in [0.25, 0.3) is 0 Å². The van der Waals surface area contributed by atoms with Crippen LogP contribution in [0.15, 0.2) is 23.1 Å². The molecule has 0 fully saturated rings. The van der Waals surface area contributed by atoms with Crippen molar-refractivity contribution in [2.75, 3.05) is 33.8 Å². The molecule has 0 amide bonds. The van der Waals surface area contributed by atoms with E-state index in [0.29, 0.717) is 18.8 Å². The molecule has 0 saturated carbocycles. The molecule has 1 heterocycles. The molecule has 0 radical (unpaired) electrons. The molecule has 7 heteroatoms. The second kappa shape index (κ2) is 9.75. The van der Waals surface area contributed by atoms with Crippen molar-refractivity contribution in [3.05, 3.63) is 23.8 Å². The van der Waals surface area contributed by atoms with Gasteiger partial charge in [0.05, 0.1) is 6.61 Å². The number of sulfonamides is 1. The maximum atomic E-state index is 13.3. The van der Waals surface area contributed by atoms with E-state index < -0.39 is 16.1 Å². The Morgan fingerprint density at radius 2 is 2.11 bits per heavy atom. The number of likely N-dealkylation sites (N-methyl/N-ethyl adjacent to an activating group) is 1. The maximum absolute atomic E-state index is 13.3. The van der Waals surface area contributed by atoms with Crippen LogP contribution in [0, 0.1) is 17.8 Å². The first-order valence-corrected chi connectivity index (χ1v) is 11.2. The molecule has 1 N–H and O–H groups in total. The summed E-state index contributed by atoms with van der Waals surface area (Å²) in [4.78, 5) is 2.16. The summed E-state index contributed by atoms with van der Waals surface area (Å²) >= 11 is 0. The predicted molar refractivity (Wildman–Crippen MR) is 111 cm³/mol. The van der Waals surface area contributed by atoms with Gasteiger partial charge in [-0.2, -0.15) is 4.31 Å². The van der Waals surface area contributed by atoms with Crippen LogP contribution in [-0.2, 0) is 10.0 Å². The van der Waals surface area contributed by atoms with Gasteiger partial charge in [0.2, 0.25) is 10.0 Å². The zero-order chi connectivity index (χ0) is 20.9. The van der Waals surface area contributed by atoms with E-state index >= 15 is 0 Å². The zero-order valence-corrected chi connectivity index (χ0v) is 18.3. The number of benzene rings is 1. The van der Waals surface area contributed by atoms with Gasteiger partial charge in [-0.15, -0.1) is 0 Å². The molecule has 28 heavy (non-hydrogen) atoms. The summed E-state index contributed by atoms with van der Waals surface area (Å²) in [6.07, 6.45) is 1.58. The van der Waals surface area contributed by atoms with E-state index in [4.69, 9.17) is 4.74 Å². The first-order chi connectivity index (χ1) is 13.2. The van der Waals surface area contributed by atoms with Crippen LogP contribution in [0.25, 0.3) is 0 Å². The molecule has 0 aliphatic carbocycles. The van der Waals surface area contributed by atoms with Crippen molar-refractivity contribution in [1.82, 2.24) is 9.21 Å². The average molecular weight is 409 g/mol. The standard InChI is InChI=1S/C21H32N2O4S/c1-6-7-8-9-18-10-11-21-19(12-18)27-20(14-22(4)5)16(2)13-23(17(3)15-24)28(21,25)26/h10-12,16-17,20,24H,6-7,13-15H2,1-5H3/t16-,17+,20+/m0/s1. The first-order valence-electron chi connectivity index (χ1n) is 9.77. The fourth-order valence-corrected chi connectivity index (χ4v) is 5.00. The molecule has 0 aromatic heterocycles. The van der Waals surface area contributed by atoms with Gasteiger partial charge >= 0.3 is 0 Å². The van der Waals surface area contributed by atoms with Crippen molar-refractivity contribution in [3.63, 3.8) is 0 Å². The lowest BCUT2D eigenvalue weighted by atomic mass is 10.0. The smallest absolute Gasteiger partial charge is 0.247 e. The fraction of sp³-hybridized carbons (Fsp3) is 0.619. The Hall–Kier alpha value is -1.59. The number of nitrogens with zero attached hydrogens (tertiary/aromatic N) is 2. The Labute approximate surface area is 169 Å². The van der Waals surface area contributed by atoms with E-state index in [9.17, 15) is 13.5 Å². The molecule has 1 aliphatic rings. The lowest BCUT2D eigenvalue weighted by Crippen LogP contribution is -2.49. The summed E-state index contributed by atoms with van der Waals surface area (Å²) in [5.74, 6) is 6.45. The summed E-state index contributed by atoms with van der Waals surface area (Å²) in [5.41, 5.74) is 0.737. The SMILES string of the molecule is CCCC#Cc1ccc2c(c1)O[C@H](CN(C)C)[C@@H](C)CN([C@H](C)CO)S2(=O)=O. The van der Waals surface area contributed by atoms with Crippen LogP contribution in [0.5, 0.6) is 5.75 Å². The van der Waals surface area contributed by atoms with Gasteiger partial charge in [-0.05, 0) is 45.6 Å². The van der Waals surface area contributed by atoms with E-state index in [1.165, 1.54) is 4.31 Å². The number of fused-ring (bicyclic) bond motifs is 1. The van der Waals surface area contributed by atoms with E-state index in [1.54, 1.807) is 25.1 Å². The third-order valence-corrected chi connectivity index (χ3v) is 6.84. The summed E-state index contributed by atoms with van der Waals surface area (Å²) in [5, 5.41) is 9.63. The van der Waals surface area contributed by atoms with Gasteiger partial charge in [0, 0.05) is 37.0 Å².